The molecule has 75 heavy (non-hydrogen) atoms. The predicted molar refractivity (Wildman–Crippen MR) is 318 cm³/mol. The molecule has 1 fully saturated rings. The molecule has 0 saturated carbocycles. The molecule has 7 unspecified atom stereocenters. The summed E-state index contributed by atoms with van der Waals surface area (Å²) in [6, 6.07) is -0.819. The summed E-state index contributed by atoms with van der Waals surface area (Å²) >= 11 is 0. The lowest BCUT2D eigenvalue weighted by atomic mass is 9.99. The Labute approximate surface area is 464 Å². The van der Waals surface area contributed by atoms with Crippen molar-refractivity contribution in [2.75, 3.05) is 13.2 Å². The Balaban J connectivity index is 2.16. The van der Waals surface area contributed by atoms with Crippen molar-refractivity contribution in [3.63, 3.8) is 0 Å². The summed E-state index contributed by atoms with van der Waals surface area (Å²) in [5.74, 6) is -0.179. The van der Waals surface area contributed by atoms with Gasteiger partial charge < -0.3 is 40.3 Å². The molecule has 1 aliphatic heterocycles. The molecule has 1 rings (SSSR count). The Kier molecular flexibility index (Phi) is 53.5. The zero-order chi connectivity index (χ0) is 54.3. The van der Waals surface area contributed by atoms with E-state index in [4.69, 9.17) is 9.47 Å². The highest BCUT2D eigenvalue weighted by Gasteiger charge is 2.44. The minimum atomic E-state index is -1.57. The first kappa shape index (κ1) is 71.7. The summed E-state index contributed by atoms with van der Waals surface area (Å²) in [5, 5.41) is 54.6. The molecule has 444 valence electrons. The van der Waals surface area contributed by atoms with Crippen molar-refractivity contribution in [1.82, 2.24) is 5.32 Å². The van der Waals surface area contributed by atoms with Crippen LogP contribution in [0, 0.1) is 0 Å². The second kappa shape index (κ2) is 56.0. The third-order valence-corrected chi connectivity index (χ3v) is 16.0. The van der Waals surface area contributed by atoms with E-state index in [9.17, 15) is 30.3 Å². The summed E-state index contributed by atoms with van der Waals surface area (Å²) in [6.07, 6.45) is 65.7. The van der Waals surface area contributed by atoms with Crippen LogP contribution in [0.4, 0.5) is 0 Å². The fourth-order valence-electron chi connectivity index (χ4n) is 10.8. The molecule has 9 heteroatoms. The number of rotatable bonds is 58. The molecule has 0 radical (unpaired) electrons. The average Bonchev–Trinajstić information content (AvgIpc) is 3.41. The van der Waals surface area contributed by atoms with E-state index in [2.05, 4.69) is 31.3 Å². The second-order valence-corrected chi connectivity index (χ2v) is 23.3. The maximum Gasteiger partial charge on any atom is 0.220 e. The van der Waals surface area contributed by atoms with Crippen molar-refractivity contribution < 1.29 is 39.8 Å². The number of carbonyl (C=O) groups excluding carboxylic acids is 1. The topological polar surface area (TPSA) is 149 Å². The van der Waals surface area contributed by atoms with Gasteiger partial charge in [-0.15, -0.1) is 0 Å². The van der Waals surface area contributed by atoms with Crippen LogP contribution in [0.25, 0.3) is 0 Å². The van der Waals surface area contributed by atoms with Crippen LogP contribution < -0.4 is 5.32 Å². The molecule has 9 nitrogen and oxygen atoms in total. The lowest BCUT2D eigenvalue weighted by Gasteiger charge is -2.40. The maximum atomic E-state index is 13.1. The summed E-state index contributed by atoms with van der Waals surface area (Å²) < 4.78 is 11.3. The van der Waals surface area contributed by atoms with Crippen LogP contribution in [0.5, 0.6) is 0 Å². The fraction of sp³-hybridized carbons (Fsp3) is 0.924. The van der Waals surface area contributed by atoms with Gasteiger partial charge in [0.05, 0.1) is 25.4 Å². The molecule has 1 amide bonds. The molecule has 0 aromatic heterocycles. The Morgan fingerprint density at radius 2 is 0.760 bits per heavy atom. The highest BCUT2D eigenvalue weighted by Crippen LogP contribution is 2.23. The molecule has 0 spiro atoms. The number of allylic oxidation sites excluding steroid dienone is 3. The van der Waals surface area contributed by atoms with Gasteiger partial charge in [-0.05, 0) is 32.1 Å². The molecule has 1 saturated heterocycles. The Morgan fingerprint density at radius 3 is 1.12 bits per heavy atom. The van der Waals surface area contributed by atoms with Crippen LogP contribution in [0.1, 0.15) is 335 Å². The minimum Gasteiger partial charge on any atom is -0.394 e. The number of aliphatic hydroxyl groups excluding tert-OH is 5. The van der Waals surface area contributed by atoms with E-state index in [0.29, 0.717) is 6.42 Å². The number of hydrogen-bond donors (Lipinski definition) is 6. The van der Waals surface area contributed by atoms with E-state index >= 15 is 0 Å². The van der Waals surface area contributed by atoms with Gasteiger partial charge >= 0.3 is 0 Å². The smallest absolute Gasteiger partial charge is 0.220 e. The van der Waals surface area contributed by atoms with E-state index in [-0.39, 0.29) is 12.5 Å². The van der Waals surface area contributed by atoms with Crippen LogP contribution in [0.2, 0.25) is 0 Å². The van der Waals surface area contributed by atoms with Crippen molar-refractivity contribution in [2.45, 2.75) is 378 Å². The van der Waals surface area contributed by atoms with Crippen molar-refractivity contribution in [2.24, 2.45) is 0 Å². The largest absolute Gasteiger partial charge is 0.394 e. The predicted octanol–water partition coefficient (Wildman–Crippen LogP) is 17.3. The van der Waals surface area contributed by atoms with Crippen molar-refractivity contribution >= 4 is 5.91 Å². The van der Waals surface area contributed by atoms with Crippen LogP contribution in [0.15, 0.2) is 24.3 Å². The Hall–Kier alpha value is -1.33. The van der Waals surface area contributed by atoms with E-state index in [0.717, 1.165) is 38.5 Å². The lowest BCUT2D eigenvalue weighted by Crippen LogP contribution is -2.60. The summed E-state index contributed by atoms with van der Waals surface area (Å²) in [4.78, 5) is 13.1. The van der Waals surface area contributed by atoms with Crippen molar-refractivity contribution in [3.8, 4) is 0 Å². The van der Waals surface area contributed by atoms with Crippen LogP contribution in [-0.4, -0.2) is 87.5 Å². The van der Waals surface area contributed by atoms with Gasteiger partial charge in [0, 0.05) is 6.42 Å². The summed E-state index contributed by atoms with van der Waals surface area (Å²) in [7, 11) is 0. The highest BCUT2D eigenvalue weighted by molar-refractivity contribution is 5.76. The number of hydrogen-bond acceptors (Lipinski definition) is 8. The minimum absolute atomic E-state index is 0.179. The first-order valence-electron chi connectivity index (χ1n) is 33.1. The van der Waals surface area contributed by atoms with E-state index < -0.39 is 49.5 Å². The third kappa shape index (κ3) is 45.1. The zero-order valence-corrected chi connectivity index (χ0v) is 49.6. The van der Waals surface area contributed by atoms with Crippen molar-refractivity contribution in [3.05, 3.63) is 24.3 Å². The van der Waals surface area contributed by atoms with Gasteiger partial charge in [0.25, 0.3) is 0 Å². The average molecular weight is 1060 g/mol. The van der Waals surface area contributed by atoms with Gasteiger partial charge in [0.15, 0.2) is 6.29 Å². The zero-order valence-electron chi connectivity index (χ0n) is 49.6. The molecule has 0 aromatic carbocycles. The normalized spacial score (nSPS) is 18.9. The molecule has 1 heterocycles. The van der Waals surface area contributed by atoms with E-state index in [1.54, 1.807) is 6.08 Å². The first-order valence-corrected chi connectivity index (χ1v) is 33.1. The van der Waals surface area contributed by atoms with Gasteiger partial charge in [-0.2, -0.15) is 0 Å². The second-order valence-electron chi connectivity index (χ2n) is 23.3. The maximum absolute atomic E-state index is 13.1. The summed E-state index contributed by atoms with van der Waals surface area (Å²) in [6.45, 7) is 3.82. The standard InChI is InChI=1S/C66H127NO8/c1-3-5-7-9-11-13-15-17-19-21-23-25-26-27-28-29-30-31-32-33-34-36-37-39-41-43-45-47-49-51-53-55-60(69)59(58-74-66-65(73)64(72)63(71)61(57-68)75-66)67-62(70)56-54-52-50-48-46-44-42-40-38-35-24-22-20-18-16-14-12-10-8-6-4-2/h45,47,53,55,59-61,63-66,68-69,71-73H,3-44,46,48-52,54,56-58H2,1-2H3,(H,67,70)/b47-45+,55-53+. The van der Waals surface area contributed by atoms with Crippen LogP contribution in [0.3, 0.4) is 0 Å². The molecular formula is C66H127NO8. The highest BCUT2D eigenvalue weighted by atomic mass is 16.7. The lowest BCUT2D eigenvalue weighted by molar-refractivity contribution is -0.302. The third-order valence-electron chi connectivity index (χ3n) is 16.0. The fourth-order valence-corrected chi connectivity index (χ4v) is 10.8. The molecule has 0 aromatic rings. The number of ether oxygens (including phenoxy) is 2. The van der Waals surface area contributed by atoms with Crippen LogP contribution >= 0.6 is 0 Å². The van der Waals surface area contributed by atoms with Crippen LogP contribution in [-0.2, 0) is 14.3 Å². The molecular weight excluding hydrogens is 935 g/mol. The molecule has 1 aliphatic rings. The van der Waals surface area contributed by atoms with E-state index in [1.807, 2.05) is 6.08 Å². The number of amides is 1. The SMILES string of the molecule is CCCCCCCCCCCCCCCCCCCCCCCCCCC/C=C/CC/C=C/C(O)C(COC1OC(CO)C(O)C(O)C1O)NC(=O)CCCCCCCCCCCCCCCCCCCCCCC. The van der Waals surface area contributed by atoms with Gasteiger partial charge in [-0.1, -0.05) is 321 Å². The van der Waals surface area contributed by atoms with Gasteiger partial charge in [0.1, 0.15) is 24.4 Å². The quantitative estimate of drug-likeness (QED) is 0.0261. The Bertz CT molecular complexity index is 1230. The Morgan fingerprint density at radius 1 is 0.440 bits per heavy atom. The number of unbranched alkanes of at least 4 members (excludes halogenated alkanes) is 46. The van der Waals surface area contributed by atoms with Gasteiger partial charge in [-0.25, -0.2) is 0 Å². The monoisotopic (exact) mass is 1060 g/mol. The number of nitrogens with one attached hydrogen (secondary N) is 1. The summed E-state index contributed by atoms with van der Waals surface area (Å²) in [5.41, 5.74) is 0. The number of aliphatic hydroxyl groups is 5. The first-order chi connectivity index (χ1) is 36.8. The van der Waals surface area contributed by atoms with Gasteiger partial charge in [-0.3, -0.25) is 4.79 Å². The van der Waals surface area contributed by atoms with Crippen molar-refractivity contribution in [1.29, 1.82) is 0 Å². The van der Waals surface area contributed by atoms with E-state index in [1.165, 1.54) is 276 Å². The molecule has 6 N–H and O–H groups in total. The molecule has 7 atom stereocenters. The molecule has 0 aliphatic carbocycles. The molecule has 0 bridgehead atoms. The van der Waals surface area contributed by atoms with Gasteiger partial charge in [0.2, 0.25) is 5.91 Å². The number of carbonyl (C=O) groups is 1.